The summed E-state index contributed by atoms with van der Waals surface area (Å²) in [7, 11) is 1.57. The lowest BCUT2D eigenvalue weighted by atomic mass is 10.1. The van der Waals surface area contributed by atoms with Gasteiger partial charge in [0.05, 0.1) is 12.8 Å². The van der Waals surface area contributed by atoms with E-state index in [4.69, 9.17) is 4.74 Å². The second-order valence-electron chi connectivity index (χ2n) is 4.77. The molecular formula is C15H15N3O2. The zero-order valence-corrected chi connectivity index (χ0v) is 11.2. The molecule has 1 aliphatic rings. The average molecular weight is 269 g/mol. The van der Waals surface area contributed by atoms with Crippen LogP contribution in [0.3, 0.4) is 0 Å². The number of carbonyl (C=O) groups is 1. The molecule has 2 aromatic rings. The molecule has 0 unspecified atom stereocenters. The maximum atomic E-state index is 12.0. The van der Waals surface area contributed by atoms with E-state index in [0.717, 1.165) is 24.1 Å². The van der Waals surface area contributed by atoms with Crippen molar-refractivity contribution in [3.63, 3.8) is 0 Å². The third-order valence-corrected chi connectivity index (χ3v) is 3.18. The van der Waals surface area contributed by atoms with Crippen molar-refractivity contribution in [3.05, 3.63) is 42.2 Å². The largest absolute Gasteiger partial charge is 0.481 e. The number of amides is 1. The number of hydrogen-bond acceptors (Lipinski definition) is 4. The molecule has 5 nitrogen and oxygen atoms in total. The molecule has 5 heteroatoms. The number of nitrogens with one attached hydrogen (secondary N) is 1. The Kier molecular flexibility index (Phi) is 3.33. The number of aromatic nitrogens is 2. The minimum absolute atomic E-state index is 0.0439. The van der Waals surface area contributed by atoms with Gasteiger partial charge in [-0.2, -0.15) is 0 Å². The van der Waals surface area contributed by atoms with Crippen molar-refractivity contribution < 1.29 is 9.53 Å². The summed E-state index contributed by atoms with van der Waals surface area (Å²) in [5.41, 5.74) is 2.20. The SMILES string of the molecule is COc1ccc(-c2cc(C(=O)NC3CC3)ccn2)cn1. The topological polar surface area (TPSA) is 64.1 Å². The summed E-state index contributed by atoms with van der Waals surface area (Å²) in [5.74, 6) is 0.508. The number of nitrogens with zero attached hydrogens (tertiary/aromatic N) is 2. The summed E-state index contributed by atoms with van der Waals surface area (Å²) in [4.78, 5) is 20.4. The normalized spacial score (nSPS) is 13.8. The fraction of sp³-hybridized carbons (Fsp3) is 0.267. The summed E-state index contributed by atoms with van der Waals surface area (Å²) >= 11 is 0. The predicted molar refractivity (Wildman–Crippen MR) is 74.5 cm³/mol. The predicted octanol–water partition coefficient (Wildman–Crippen LogP) is 2.04. The second kappa shape index (κ2) is 5.28. The quantitative estimate of drug-likeness (QED) is 0.922. The van der Waals surface area contributed by atoms with Crippen molar-refractivity contribution in [1.82, 2.24) is 15.3 Å². The molecule has 0 saturated heterocycles. The van der Waals surface area contributed by atoms with Gasteiger partial charge in [-0.25, -0.2) is 4.98 Å². The molecule has 20 heavy (non-hydrogen) atoms. The Bertz CT molecular complexity index is 621. The molecule has 0 spiro atoms. The molecule has 2 aromatic heterocycles. The molecular weight excluding hydrogens is 254 g/mol. The Morgan fingerprint density at radius 1 is 1.30 bits per heavy atom. The monoisotopic (exact) mass is 269 g/mol. The first-order valence-electron chi connectivity index (χ1n) is 6.53. The van der Waals surface area contributed by atoms with Crippen LogP contribution in [0.1, 0.15) is 23.2 Å². The number of pyridine rings is 2. The van der Waals surface area contributed by atoms with Crippen molar-refractivity contribution >= 4 is 5.91 Å². The van der Waals surface area contributed by atoms with E-state index in [2.05, 4.69) is 15.3 Å². The van der Waals surface area contributed by atoms with Crippen LogP contribution in [0.5, 0.6) is 5.88 Å². The van der Waals surface area contributed by atoms with Crippen LogP contribution in [0.25, 0.3) is 11.3 Å². The van der Waals surface area contributed by atoms with E-state index in [-0.39, 0.29) is 5.91 Å². The highest BCUT2D eigenvalue weighted by molar-refractivity contribution is 5.95. The van der Waals surface area contributed by atoms with Crippen LogP contribution >= 0.6 is 0 Å². The molecule has 1 aliphatic carbocycles. The number of carbonyl (C=O) groups excluding carboxylic acids is 1. The van der Waals surface area contributed by atoms with E-state index < -0.39 is 0 Å². The zero-order valence-electron chi connectivity index (χ0n) is 11.2. The van der Waals surface area contributed by atoms with Gasteiger partial charge < -0.3 is 10.1 Å². The van der Waals surface area contributed by atoms with Crippen molar-refractivity contribution in [1.29, 1.82) is 0 Å². The Morgan fingerprint density at radius 3 is 2.80 bits per heavy atom. The summed E-state index contributed by atoms with van der Waals surface area (Å²) in [5, 5.41) is 2.96. The molecule has 0 bridgehead atoms. The highest BCUT2D eigenvalue weighted by Crippen LogP contribution is 2.21. The second-order valence-corrected chi connectivity index (χ2v) is 4.77. The third-order valence-electron chi connectivity index (χ3n) is 3.18. The summed E-state index contributed by atoms with van der Waals surface area (Å²) in [6.07, 6.45) is 5.48. The van der Waals surface area contributed by atoms with Gasteiger partial charge in [-0.15, -0.1) is 0 Å². The van der Waals surface area contributed by atoms with E-state index in [0.29, 0.717) is 17.5 Å². The lowest BCUT2D eigenvalue weighted by molar-refractivity contribution is 0.0951. The fourth-order valence-electron chi connectivity index (χ4n) is 1.88. The van der Waals surface area contributed by atoms with Crippen LogP contribution in [-0.4, -0.2) is 29.0 Å². The Balaban J connectivity index is 1.83. The average Bonchev–Trinajstić information content (AvgIpc) is 3.31. The maximum Gasteiger partial charge on any atom is 0.251 e. The lowest BCUT2D eigenvalue weighted by Gasteiger charge is -2.06. The van der Waals surface area contributed by atoms with Gasteiger partial charge >= 0.3 is 0 Å². The van der Waals surface area contributed by atoms with Gasteiger partial charge in [-0.1, -0.05) is 0 Å². The van der Waals surface area contributed by atoms with Crippen LogP contribution in [0.4, 0.5) is 0 Å². The van der Waals surface area contributed by atoms with E-state index in [1.807, 2.05) is 6.07 Å². The highest BCUT2D eigenvalue weighted by Gasteiger charge is 2.23. The molecule has 0 aliphatic heterocycles. The summed E-state index contributed by atoms with van der Waals surface area (Å²) in [6.45, 7) is 0. The van der Waals surface area contributed by atoms with Gasteiger partial charge in [-0.05, 0) is 31.0 Å². The first-order valence-corrected chi connectivity index (χ1v) is 6.53. The first kappa shape index (κ1) is 12.6. The summed E-state index contributed by atoms with van der Waals surface area (Å²) < 4.78 is 5.02. The standard InChI is InChI=1S/C15H15N3O2/c1-20-14-5-2-11(9-17-14)13-8-10(6-7-16-13)15(19)18-12-3-4-12/h2,5-9,12H,3-4H2,1H3,(H,18,19). The van der Waals surface area contributed by atoms with Crippen molar-refractivity contribution in [2.75, 3.05) is 7.11 Å². The number of rotatable bonds is 4. The third kappa shape index (κ3) is 2.77. The minimum Gasteiger partial charge on any atom is -0.481 e. The maximum absolute atomic E-state index is 12.0. The van der Waals surface area contributed by atoms with Crippen LogP contribution in [-0.2, 0) is 0 Å². The molecule has 2 heterocycles. The summed E-state index contributed by atoms with van der Waals surface area (Å²) in [6, 6.07) is 7.49. The first-order chi connectivity index (χ1) is 9.76. The highest BCUT2D eigenvalue weighted by atomic mass is 16.5. The molecule has 1 fully saturated rings. The van der Waals surface area contributed by atoms with E-state index in [1.165, 1.54) is 0 Å². The van der Waals surface area contributed by atoms with E-state index >= 15 is 0 Å². The lowest BCUT2D eigenvalue weighted by Crippen LogP contribution is -2.25. The van der Waals surface area contributed by atoms with Crippen molar-refractivity contribution in [2.45, 2.75) is 18.9 Å². The fourth-order valence-corrected chi connectivity index (χ4v) is 1.88. The van der Waals surface area contributed by atoms with Crippen LogP contribution < -0.4 is 10.1 Å². The molecule has 1 N–H and O–H groups in total. The van der Waals surface area contributed by atoms with Gasteiger partial charge in [0.15, 0.2) is 0 Å². The van der Waals surface area contributed by atoms with Gasteiger partial charge in [0.2, 0.25) is 5.88 Å². The molecule has 0 radical (unpaired) electrons. The van der Waals surface area contributed by atoms with Crippen LogP contribution in [0, 0.1) is 0 Å². The molecule has 1 amide bonds. The zero-order chi connectivity index (χ0) is 13.9. The van der Waals surface area contributed by atoms with E-state index in [9.17, 15) is 4.79 Å². The Morgan fingerprint density at radius 2 is 2.15 bits per heavy atom. The molecule has 0 aromatic carbocycles. The Labute approximate surface area is 117 Å². The van der Waals surface area contributed by atoms with Crippen molar-refractivity contribution in [3.8, 4) is 17.1 Å². The van der Waals surface area contributed by atoms with E-state index in [1.54, 1.807) is 37.7 Å². The number of methoxy groups -OCH3 is 1. The van der Waals surface area contributed by atoms with Crippen LogP contribution in [0.2, 0.25) is 0 Å². The minimum atomic E-state index is -0.0439. The van der Waals surface area contributed by atoms with Gasteiger partial charge in [0, 0.05) is 35.6 Å². The Hall–Kier alpha value is -2.43. The van der Waals surface area contributed by atoms with Gasteiger partial charge in [0.25, 0.3) is 5.91 Å². The molecule has 0 atom stereocenters. The number of hydrogen-bond donors (Lipinski definition) is 1. The molecule has 1 saturated carbocycles. The van der Waals surface area contributed by atoms with Gasteiger partial charge in [0.1, 0.15) is 0 Å². The number of ether oxygens (including phenoxy) is 1. The van der Waals surface area contributed by atoms with Gasteiger partial charge in [-0.3, -0.25) is 9.78 Å². The molecule has 3 rings (SSSR count). The van der Waals surface area contributed by atoms with Crippen molar-refractivity contribution in [2.24, 2.45) is 0 Å². The van der Waals surface area contributed by atoms with Crippen LogP contribution in [0.15, 0.2) is 36.7 Å². The smallest absolute Gasteiger partial charge is 0.251 e. The molecule has 102 valence electrons.